The van der Waals surface area contributed by atoms with Crippen molar-refractivity contribution in [3.8, 4) is 11.4 Å². The second-order valence-corrected chi connectivity index (χ2v) is 6.70. The van der Waals surface area contributed by atoms with E-state index in [4.69, 9.17) is 0 Å². The van der Waals surface area contributed by atoms with Gasteiger partial charge in [0.1, 0.15) is 5.82 Å². The first-order valence-corrected chi connectivity index (χ1v) is 9.25. The Bertz CT molecular complexity index is 776. The predicted molar refractivity (Wildman–Crippen MR) is 102 cm³/mol. The maximum atomic E-state index is 12.3. The van der Waals surface area contributed by atoms with E-state index in [1.807, 2.05) is 19.9 Å². The van der Waals surface area contributed by atoms with Gasteiger partial charge < -0.3 is 9.88 Å². The molecule has 25 heavy (non-hydrogen) atoms. The van der Waals surface area contributed by atoms with Crippen molar-refractivity contribution < 1.29 is 0 Å². The first-order valence-electron chi connectivity index (χ1n) is 9.25. The highest BCUT2D eigenvalue weighted by atomic mass is 16.1. The van der Waals surface area contributed by atoms with Crippen LogP contribution >= 0.6 is 0 Å². The number of H-pyrrole nitrogens is 1. The van der Waals surface area contributed by atoms with Gasteiger partial charge in [0, 0.05) is 49.5 Å². The summed E-state index contributed by atoms with van der Waals surface area (Å²) in [5.41, 5.74) is 3.84. The van der Waals surface area contributed by atoms with Gasteiger partial charge in [0.2, 0.25) is 0 Å². The van der Waals surface area contributed by atoms with Crippen molar-refractivity contribution in [1.29, 1.82) is 0 Å². The lowest BCUT2D eigenvalue weighted by atomic mass is 10.1. The van der Waals surface area contributed by atoms with Crippen LogP contribution < -0.4 is 5.56 Å². The van der Waals surface area contributed by atoms with Crippen molar-refractivity contribution in [2.75, 3.05) is 32.7 Å². The molecule has 1 saturated heterocycles. The first kappa shape index (κ1) is 17.8. The van der Waals surface area contributed by atoms with Crippen LogP contribution in [0, 0.1) is 6.92 Å². The quantitative estimate of drug-likeness (QED) is 0.908. The third kappa shape index (κ3) is 3.99. The minimum Gasteiger partial charge on any atom is -0.306 e. The smallest absolute Gasteiger partial charge is 0.254 e. The lowest BCUT2D eigenvalue weighted by Crippen LogP contribution is -2.45. The van der Waals surface area contributed by atoms with Gasteiger partial charge in [-0.15, -0.1) is 0 Å². The van der Waals surface area contributed by atoms with Crippen LogP contribution in [0.4, 0.5) is 0 Å². The summed E-state index contributed by atoms with van der Waals surface area (Å²) in [6.07, 6.45) is 0.706. The number of likely N-dealkylation sites (N-methyl/N-ethyl adjacent to an activating group) is 1. The highest BCUT2D eigenvalue weighted by Crippen LogP contribution is 2.22. The van der Waals surface area contributed by atoms with Gasteiger partial charge in [-0.3, -0.25) is 9.69 Å². The molecule has 0 atom stereocenters. The number of benzene rings is 1. The Morgan fingerprint density at radius 2 is 1.76 bits per heavy atom. The fraction of sp³-hybridized carbons (Fsp3) is 0.500. The molecule has 0 unspecified atom stereocenters. The van der Waals surface area contributed by atoms with E-state index in [0.717, 1.165) is 56.1 Å². The average Bonchev–Trinajstić information content (AvgIpc) is 2.62. The van der Waals surface area contributed by atoms with E-state index < -0.39 is 0 Å². The highest BCUT2D eigenvalue weighted by molar-refractivity contribution is 5.60. The van der Waals surface area contributed by atoms with E-state index in [-0.39, 0.29) is 5.56 Å². The first-order chi connectivity index (χ1) is 12.1. The molecule has 0 spiro atoms. The van der Waals surface area contributed by atoms with E-state index in [0.29, 0.717) is 12.2 Å². The molecule has 1 aromatic carbocycles. The minimum atomic E-state index is -0.0173. The number of aromatic amines is 1. The van der Waals surface area contributed by atoms with Crippen LogP contribution in [-0.4, -0.2) is 52.5 Å². The monoisotopic (exact) mass is 340 g/mol. The minimum absolute atomic E-state index is 0.0173. The standard InChI is InChI=1S/C20H28N4O/c1-4-17-15(3)21-19(22-20(17)25)18-9-7-6-8-16(18)14-24-12-10-23(5-2)11-13-24/h6-9H,4-5,10-14H2,1-3H3,(H,21,22,25). The van der Waals surface area contributed by atoms with Crippen LogP contribution in [0.5, 0.6) is 0 Å². The molecule has 1 aromatic heterocycles. The summed E-state index contributed by atoms with van der Waals surface area (Å²) < 4.78 is 0. The second kappa shape index (κ2) is 7.93. The van der Waals surface area contributed by atoms with Crippen LogP contribution in [0.25, 0.3) is 11.4 Å². The number of aryl methyl sites for hydroxylation is 1. The zero-order chi connectivity index (χ0) is 17.8. The maximum absolute atomic E-state index is 12.3. The Hall–Kier alpha value is -1.98. The van der Waals surface area contributed by atoms with Gasteiger partial charge in [-0.2, -0.15) is 0 Å². The average molecular weight is 340 g/mol. The Balaban J connectivity index is 1.86. The molecule has 0 amide bonds. The molecule has 2 heterocycles. The summed E-state index contributed by atoms with van der Waals surface area (Å²) in [7, 11) is 0. The number of piperazine rings is 1. The van der Waals surface area contributed by atoms with Gasteiger partial charge in [0.25, 0.3) is 5.56 Å². The molecule has 3 rings (SSSR count). The van der Waals surface area contributed by atoms with Gasteiger partial charge >= 0.3 is 0 Å². The summed E-state index contributed by atoms with van der Waals surface area (Å²) in [5.74, 6) is 0.683. The van der Waals surface area contributed by atoms with E-state index in [2.05, 4.69) is 44.9 Å². The number of aromatic nitrogens is 2. The number of hydrogen-bond donors (Lipinski definition) is 1. The second-order valence-electron chi connectivity index (χ2n) is 6.70. The van der Waals surface area contributed by atoms with Crippen LogP contribution in [0.3, 0.4) is 0 Å². The predicted octanol–water partition coefficient (Wildman–Crippen LogP) is 2.45. The Morgan fingerprint density at radius 1 is 1.08 bits per heavy atom. The van der Waals surface area contributed by atoms with Crippen LogP contribution in [0.1, 0.15) is 30.7 Å². The fourth-order valence-electron chi connectivity index (χ4n) is 3.55. The molecule has 0 saturated carbocycles. The molecule has 2 aromatic rings. The Morgan fingerprint density at radius 3 is 2.40 bits per heavy atom. The third-order valence-electron chi connectivity index (χ3n) is 5.15. The van der Waals surface area contributed by atoms with E-state index in [9.17, 15) is 4.79 Å². The number of nitrogens with zero attached hydrogens (tertiary/aromatic N) is 3. The summed E-state index contributed by atoms with van der Waals surface area (Å²) in [6, 6.07) is 8.27. The third-order valence-corrected chi connectivity index (χ3v) is 5.15. The van der Waals surface area contributed by atoms with Crippen molar-refractivity contribution in [3.05, 3.63) is 51.4 Å². The van der Waals surface area contributed by atoms with Crippen molar-refractivity contribution in [2.24, 2.45) is 0 Å². The summed E-state index contributed by atoms with van der Waals surface area (Å²) in [6.45, 7) is 12.6. The van der Waals surface area contributed by atoms with Crippen LogP contribution in [-0.2, 0) is 13.0 Å². The topological polar surface area (TPSA) is 52.2 Å². The van der Waals surface area contributed by atoms with E-state index >= 15 is 0 Å². The zero-order valence-electron chi connectivity index (χ0n) is 15.5. The summed E-state index contributed by atoms with van der Waals surface area (Å²) in [5, 5.41) is 0. The van der Waals surface area contributed by atoms with Crippen molar-refractivity contribution in [3.63, 3.8) is 0 Å². The number of nitrogens with one attached hydrogen (secondary N) is 1. The molecule has 1 N–H and O–H groups in total. The summed E-state index contributed by atoms with van der Waals surface area (Å²) >= 11 is 0. The van der Waals surface area contributed by atoms with Gasteiger partial charge in [-0.1, -0.05) is 38.1 Å². The number of rotatable bonds is 5. The molecule has 0 radical (unpaired) electrons. The van der Waals surface area contributed by atoms with Gasteiger partial charge in [0.15, 0.2) is 0 Å². The molecule has 0 aliphatic carbocycles. The SMILES string of the molecule is CCc1c(C)nc(-c2ccccc2CN2CCN(CC)CC2)[nH]c1=O. The van der Waals surface area contributed by atoms with Gasteiger partial charge in [-0.05, 0) is 25.5 Å². The van der Waals surface area contributed by atoms with Crippen molar-refractivity contribution in [1.82, 2.24) is 19.8 Å². The maximum Gasteiger partial charge on any atom is 0.254 e. The van der Waals surface area contributed by atoms with Crippen molar-refractivity contribution in [2.45, 2.75) is 33.7 Å². The van der Waals surface area contributed by atoms with Crippen molar-refractivity contribution >= 4 is 0 Å². The lowest BCUT2D eigenvalue weighted by Gasteiger charge is -2.34. The highest BCUT2D eigenvalue weighted by Gasteiger charge is 2.18. The molecule has 1 fully saturated rings. The lowest BCUT2D eigenvalue weighted by molar-refractivity contribution is 0.132. The molecule has 5 heteroatoms. The van der Waals surface area contributed by atoms with E-state index in [1.165, 1.54) is 5.56 Å². The number of hydrogen-bond acceptors (Lipinski definition) is 4. The zero-order valence-corrected chi connectivity index (χ0v) is 15.5. The Labute approximate surface area is 149 Å². The largest absolute Gasteiger partial charge is 0.306 e. The summed E-state index contributed by atoms with van der Waals surface area (Å²) in [4.78, 5) is 24.9. The molecule has 1 aliphatic heterocycles. The molecular weight excluding hydrogens is 312 g/mol. The molecular formula is C20H28N4O. The molecule has 134 valence electrons. The van der Waals surface area contributed by atoms with Gasteiger partial charge in [-0.25, -0.2) is 4.98 Å². The van der Waals surface area contributed by atoms with Crippen LogP contribution in [0.2, 0.25) is 0 Å². The Kier molecular flexibility index (Phi) is 5.66. The van der Waals surface area contributed by atoms with Crippen LogP contribution in [0.15, 0.2) is 29.1 Å². The molecule has 1 aliphatic rings. The fourth-order valence-corrected chi connectivity index (χ4v) is 3.55. The molecule has 5 nitrogen and oxygen atoms in total. The molecule has 0 bridgehead atoms. The van der Waals surface area contributed by atoms with E-state index in [1.54, 1.807) is 0 Å². The normalized spacial score (nSPS) is 16.3. The van der Waals surface area contributed by atoms with Gasteiger partial charge in [0.05, 0.1) is 0 Å².